The van der Waals surface area contributed by atoms with Gasteiger partial charge in [0.15, 0.2) is 0 Å². The van der Waals surface area contributed by atoms with Crippen molar-refractivity contribution < 1.29 is 15.0 Å². The van der Waals surface area contributed by atoms with Gasteiger partial charge in [0.05, 0.1) is 0 Å². The predicted octanol–water partition coefficient (Wildman–Crippen LogP) is 2.66. The summed E-state index contributed by atoms with van der Waals surface area (Å²) in [5.74, 6) is -0.996. The van der Waals surface area contributed by atoms with Crippen molar-refractivity contribution in [3.8, 4) is 5.75 Å². The third kappa shape index (κ3) is 4.07. The van der Waals surface area contributed by atoms with E-state index in [0.717, 1.165) is 17.5 Å². The Morgan fingerprint density at radius 1 is 1.19 bits per heavy atom. The van der Waals surface area contributed by atoms with E-state index in [2.05, 4.69) is 5.32 Å². The van der Waals surface area contributed by atoms with E-state index in [9.17, 15) is 15.0 Å². The lowest BCUT2D eigenvalue weighted by molar-refractivity contribution is -0.139. The predicted molar refractivity (Wildman–Crippen MR) is 81.4 cm³/mol. The number of nitrogens with one attached hydrogen (secondary N) is 1. The number of aryl methyl sites for hydroxylation is 1. The Labute approximate surface area is 124 Å². The van der Waals surface area contributed by atoms with Crippen molar-refractivity contribution in [1.29, 1.82) is 0 Å². The maximum absolute atomic E-state index is 11.4. The van der Waals surface area contributed by atoms with Gasteiger partial charge in [0, 0.05) is 12.1 Å². The Kier molecular flexibility index (Phi) is 4.95. The smallest absolute Gasteiger partial charge is 0.325 e. The monoisotopic (exact) mass is 285 g/mol. The van der Waals surface area contributed by atoms with Crippen LogP contribution >= 0.6 is 0 Å². The van der Waals surface area contributed by atoms with Gasteiger partial charge in [0.25, 0.3) is 0 Å². The van der Waals surface area contributed by atoms with Crippen LogP contribution < -0.4 is 5.32 Å². The highest BCUT2D eigenvalue weighted by atomic mass is 16.4. The van der Waals surface area contributed by atoms with Crippen molar-refractivity contribution in [2.24, 2.45) is 0 Å². The second kappa shape index (κ2) is 6.90. The van der Waals surface area contributed by atoms with Gasteiger partial charge in [-0.2, -0.15) is 0 Å². The lowest BCUT2D eigenvalue weighted by Crippen LogP contribution is -2.30. The molecule has 0 saturated heterocycles. The number of hydrogen-bond acceptors (Lipinski definition) is 3. The van der Waals surface area contributed by atoms with Crippen molar-refractivity contribution in [2.75, 3.05) is 6.54 Å². The molecule has 2 aromatic rings. The topological polar surface area (TPSA) is 69.6 Å². The standard InChI is InChI=1S/C17H19NO3/c1-12-7-8-15(19)14(11-12)16(17(20)21)18-10-9-13-5-3-2-4-6-13/h2-8,11,16,18-19H,9-10H2,1H3,(H,20,21). The molecule has 1 unspecified atom stereocenters. The minimum atomic E-state index is -0.996. The van der Waals surface area contributed by atoms with E-state index in [0.29, 0.717) is 12.1 Å². The fourth-order valence-corrected chi connectivity index (χ4v) is 2.24. The fourth-order valence-electron chi connectivity index (χ4n) is 2.24. The van der Waals surface area contributed by atoms with Crippen LogP contribution in [0.2, 0.25) is 0 Å². The van der Waals surface area contributed by atoms with Gasteiger partial charge < -0.3 is 15.5 Å². The molecule has 0 radical (unpaired) electrons. The molecule has 0 fully saturated rings. The van der Waals surface area contributed by atoms with Crippen LogP contribution in [0.4, 0.5) is 0 Å². The molecule has 0 aliphatic rings. The maximum Gasteiger partial charge on any atom is 0.325 e. The molecule has 0 aliphatic heterocycles. The molecule has 110 valence electrons. The third-order valence-electron chi connectivity index (χ3n) is 3.35. The van der Waals surface area contributed by atoms with Gasteiger partial charge in [-0.3, -0.25) is 4.79 Å². The van der Waals surface area contributed by atoms with E-state index in [1.165, 1.54) is 6.07 Å². The van der Waals surface area contributed by atoms with Crippen LogP contribution in [0, 0.1) is 6.92 Å². The number of aliphatic carboxylic acids is 1. The highest BCUT2D eigenvalue weighted by Gasteiger charge is 2.22. The lowest BCUT2D eigenvalue weighted by Gasteiger charge is -2.16. The van der Waals surface area contributed by atoms with Crippen LogP contribution in [-0.4, -0.2) is 22.7 Å². The first-order chi connectivity index (χ1) is 10.1. The number of carboxylic acid groups (broad SMARTS) is 1. The van der Waals surface area contributed by atoms with Crippen molar-refractivity contribution in [2.45, 2.75) is 19.4 Å². The molecule has 4 nitrogen and oxygen atoms in total. The molecule has 1 atom stereocenters. The van der Waals surface area contributed by atoms with Crippen LogP contribution in [0.1, 0.15) is 22.7 Å². The minimum Gasteiger partial charge on any atom is -0.508 e. The summed E-state index contributed by atoms with van der Waals surface area (Å²) >= 11 is 0. The Morgan fingerprint density at radius 2 is 1.90 bits per heavy atom. The number of benzene rings is 2. The second-order valence-corrected chi connectivity index (χ2v) is 5.02. The molecular formula is C17H19NO3. The fraction of sp³-hybridized carbons (Fsp3) is 0.235. The molecule has 0 amide bonds. The molecule has 3 N–H and O–H groups in total. The van der Waals surface area contributed by atoms with Gasteiger partial charge in [-0.1, -0.05) is 48.0 Å². The average Bonchev–Trinajstić information content (AvgIpc) is 2.47. The summed E-state index contributed by atoms with van der Waals surface area (Å²) in [4.78, 5) is 11.4. The zero-order chi connectivity index (χ0) is 15.2. The second-order valence-electron chi connectivity index (χ2n) is 5.02. The van der Waals surface area contributed by atoms with Crippen molar-refractivity contribution >= 4 is 5.97 Å². The summed E-state index contributed by atoms with van der Waals surface area (Å²) in [6, 6.07) is 13.9. The van der Waals surface area contributed by atoms with Gasteiger partial charge >= 0.3 is 5.97 Å². The number of carboxylic acids is 1. The molecule has 0 heterocycles. The van der Waals surface area contributed by atoms with Crippen molar-refractivity contribution in [3.63, 3.8) is 0 Å². The van der Waals surface area contributed by atoms with Crippen LogP contribution in [0.25, 0.3) is 0 Å². The molecule has 2 rings (SSSR count). The zero-order valence-corrected chi connectivity index (χ0v) is 11.9. The van der Waals surface area contributed by atoms with Crippen molar-refractivity contribution in [3.05, 3.63) is 65.2 Å². The van der Waals surface area contributed by atoms with E-state index in [-0.39, 0.29) is 5.75 Å². The van der Waals surface area contributed by atoms with Crippen LogP contribution in [0.5, 0.6) is 5.75 Å². The maximum atomic E-state index is 11.4. The highest BCUT2D eigenvalue weighted by Crippen LogP contribution is 2.25. The number of phenols is 1. The number of aromatic hydroxyl groups is 1. The Hall–Kier alpha value is -2.33. The summed E-state index contributed by atoms with van der Waals surface area (Å²) in [7, 11) is 0. The Balaban J connectivity index is 2.06. The Morgan fingerprint density at radius 3 is 2.57 bits per heavy atom. The molecule has 4 heteroatoms. The summed E-state index contributed by atoms with van der Waals surface area (Å²) < 4.78 is 0. The van der Waals surface area contributed by atoms with Gasteiger partial charge in [-0.25, -0.2) is 0 Å². The van der Waals surface area contributed by atoms with E-state index >= 15 is 0 Å². The average molecular weight is 285 g/mol. The van der Waals surface area contributed by atoms with E-state index in [4.69, 9.17) is 0 Å². The minimum absolute atomic E-state index is 0.000195. The third-order valence-corrected chi connectivity index (χ3v) is 3.35. The molecule has 2 aromatic carbocycles. The van der Waals surface area contributed by atoms with Gasteiger partial charge in [0.2, 0.25) is 0 Å². The molecule has 0 bridgehead atoms. The van der Waals surface area contributed by atoms with Crippen LogP contribution in [0.3, 0.4) is 0 Å². The summed E-state index contributed by atoms with van der Waals surface area (Å²) in [6.07, 6.45) is 0.733. The van der Waals surface area contributed by atoms with E-state index in [1.807, 2.05) is 37.3 Å². The molecule has 0 saturated carbocycles. The van der Waals surface area contributed by atoms with Crippen LogP contribution in [-0.2, 0) is 11.2 Å². The van der Waals surface area contributed by atoms with E-state index in [1.54, 1.807) is 12.1 Å². The van der Waals surface area contributed by atoms with Crippen LogP contribution in [0.15, 0.2) is 48.5 Å². The summed E-state index contributed by atoms with van der Waals surface area (Å²) in [5.41, 5.74) is 2.46. The Bertz CT molecular complexity index is 611. The molecule has 0 spiro atoms. The van der Waals surface area contributed by atoms with Gasteiger partial charge in [-0.05, 0) is 25.0 Å². The number of phenolic OH excluding ortho intramolecular Hbond substituents is 1. The normalized spacial score (nSPS) is 12.0. The number of hydrogen-bond donors (Lipinski definition) is 3. The lowest BCUT2D eigenvalue weighted by atomic mass is 10.0. The number of rotatable bonds is 6. The first-order valence-corrected chi connectivity index (χ1v) is 6.87. The van der Waals surface area contributed by atoms with Crippen molar-refractivity contribution in [1.82, 2.24) is 5.32 Å². The van der Waals surface area contributed by atoms with Gasteiger partial charge in [0.1, 0.15) is 11.8 Å². The highest BCUT2D eigenvalue weighted by molar-refractivity contribution is 5.76. The molecule has 21 heavy (non-hydrogen) atoms. The first-order valence-electron chi connectivity index (χ1n) is 6.87. The quantitative estimate of drug-likeness (QED) is 0.763. The molecule has 0 aromatic heterocycles. The van der Waals surface area contributed by atoms with E-state index < -0.39 is 12.0 Å². The largest absolute Gasteiger partial charge is 0.508 e. The molecule has 0 aliphatic carbocycles. The zero-order valence-electron chi connectivity index (χ0n) is 11.9. The molecular weight excluding hydrogens is 266 g/mol. The first kappa shape index (κ1) is 15.1. The summed E-state index contributed by atoms with van der Waals surface area (Å²) in [6.45, 7) is 2.39. The number of carbonyl (C=O) groups is 1. The summed E-state index contributed by atoms with van der Waals surface area (Å²) in [5, 5.41) is 22.2. The SMILES string of the molecule is Cc1ccc(O)c(C(NCCc2ccccc2)C(=O)O)c1. The van der Waals surface area contributed by atoms with Gasteiger partial charge in [-0.15, -0.1) is 0 Å².